The molecule has 0 spiro atoms. The number of ether oxygens (including phenoxy) is 1. The van der Waals surface area contributed by atoms with Crippen molar-refractivity contribution in [2.24, 2.45) is 5.92 Å². The predicted molar refractivity (Wildman–Crippen MR) is 112 cm³/mol. The van der Waals surface area contributed by atoms with Gasteiger partial charge in [-0.05, 0) is 38.7 Å². The molecule has 1 fully saturated rings. The predicted octanol–water partition coefficient (Wildman–Crippen LogP) is 3.99. The van der Waals surface area contributed by atoms with Crippen LogP contribution in [0.1, 0.15) is 32.7 Å². The molecule has 3 aromatic rings. The van der Waals surface area contributed by atoms with Gasteiger partial charge in [-0.3, -0.25) is 4.68 Å². The third kappa shape index (κ3) is 3.66. The third-order valence-corrected chi connectivity index (χ3v) is 5.72. The van der Waals surface area contributed by atoms with Crippen molar-refractivity contribution < 1.29 is 4.74 Å². The van der Waals surface area contributed by atoms with Crippen molar-refractivity contribution >= 4 is 40.1 Å². The summed E-state index contributed by atoms with van der Waals surface area (Å²) in [4.78, 5) is 14.8. The van der Waals surface area contributed by atoms with E-state index in [1.54, 1.807) is 11.8 Å². The number of rotatable bonds is 8. The molecule has 2 N–H and O–H groups in total. The van der Waals surface area contributed by atoms with Crippen molar-refractivity contribution in [2.45, 2.75) is 38.8 Å². The average Bonchev–Trinajstić information content (AvgIpc) is 3.31. The summed E-state index contributed by atoms with van der Waals surface area (Å²) in [6, 6.07) is 2.52. The van der Waals surface area contributed by atoms with Gasteiger partial charge in [-0.15, -0.1) is 0 Å². The summed E-state index contributed by atoms with van der Waals surface area (Å²) >= 11 is 6.33. The normalized spacial score (nSPS) is 16.3. The fourth-order valence-corrected chi connectivity index (χ4v) is 3.64. The minimum Gasteiger partial charge on any atom is -0.382 e. The van der Waals surface area contributed by atoms with E-state index in [1.165, 1.54) is 12.8 Å². The summed E-state index contributed by atoms with van der Waals surface area (Å²) in [5.74, 6) is 2.13. The zero-order chi connectivity index (χ0) is 19.8. The lowest BCUT2D eigenvalue weighted by Gasteiger charge is -2.26. The van der Waals surface area contributed by atoms with E-state index in [4.69, 9.17) is 21.3 Å². The van der Waals surface area contributed by atoms with Gasteiger partial charge < -0.3 is 19.9 Å². The number of aromatic nitrogens is 5. The van der Waals surface area contributed by atoms with Crippen molar-refractivity contribution in [3.63, 3.8) is 0 Å². The quantitative estimate of drug-likeness (QED) is 0.591. The molecule has 0 aromatic carbocycles. The standard InChI is InChI=1S/C19H26ClN7O/c1-11(10-28-4)27-9-15(16(20)25-27)22-19-23-17-14(7-8-21-17)18(24-19)26(3)12(2)13-5-6-13/h7-9,11-13H,5-6,10H2,1-4H3,(H2,21,22,23,24)/t11-,12-/m0/s1. The van der Waals surface area contributed by atoms with Crippen LogP contribution in [-0.2, 0) is 4.74 Å². The van der Waals surface area contributed by atoms with Crippen molar-refractivity contribution in [3.8, 4) is 0 Å². The number of nitrogens with one attached hydrogen (secondary N) is 2. The Morgan fingerprint density at radius 1 is 1.39 bits per heavy atom. The maximum atomic E-state index is 6.33. The number of methoxy groups -OCH3 is 1. The monoisotopic (exact) mass is 403 g/mol. The van der Waals surface area contributed by atoms with E-state index in [2.05, 4.69) is 39.3 Å². The lowest BCUT2D eigenvalue weighted by atomic mass is 10.2. The molecular weight excluding hydrogens is 378 g/mol. The molecule has 0 bridgehead atoms. The molecule has 0 unspecified atom stereocenters. The number of fused-ring (bicyclic) bond motifs is 1. The molecule has 4 rings (SSSR count). The number of halogens is 1. The Kier molecular flexibility index (Phi) is 5.16. The Morgan fingerprint density at radius 2 is 2.18 bits per heavy atom. The Labute approximate surface area is 169 Å². The van der Waals surface area contributed by atoms with Gasteiger partial charge in [0.1, 0.15) is 11.5 Å². The second kappa shape index (κ2) is 7.60. The lowest BCUT2D eigenvalue weighted by molar-refractivity contribution is 0.157. The summed E-state index contributed by atoms with van der Waals surface area (Å²) in [6.45, 7) is 4.82. The van der Waals surface area contributed by atoms with E-state index >= 15 is 0 Å². The molecule has 150 valence electrons. The van der Waals surface area contributed by atoms with Crippen LogP contribution in [0.3, 0.4) is 0 Å². The van der Waals surface area contributed by atoms with Gasteiger partial charge in [-0.2, -0.15) is 15.1 Å². The molecule has 0 aliphatic heterocycles. The van der Waals surface area contributed by atoms with Gasteiger partial charge in [-0.1, -0.05) is 11.6 Å². The number of aromatic amines is 1. The minimum absolute atomic E-state index is 0.0749. The Balaban J connectivity index is 1.64. The Morgan fingerprint density at radius 3 is 2.89 bits per heavy atom. The fourth-order valence-electron chi connectivity index (χ4n) is 3.45. The first-order valence-electron chi connectivity index (χ1n) is 9.56. The summed E-state index contributed by atoms with van der Waals surface area (Å²) in [6.07, 6.45) is 6.31. The lowest BCUT2D eigenvalue weighted by Crippen LogP contribution is -2.31. The van der Waals surface area contributed by atoms with Crippen LogP contribution in [0.2, 0.25) is 5.15 Å². The molecule has 9 heteroatoms. The van der Waals surface area contributed by atoms with Gasteiger partial charge >= 0.3 is 0 Å². The highest BCUT2D eigenvalue weighted by Crippen LogP contribution is 2.37. The van der Waals surface area contributed by atoms with Crippen LogP contribution in [-0.4, -0.2) is 51.5 Å². The zero-order valence-corrected chi connectivity index (χ0v) is 17.4. The number of hydrogen-bond acceptors (Lipinski definition) is 6. The number of hydrogen-bond donors (Lipinski definition) is 2. The van der Waals surface area contributed by atoms with Gasteiger partial charge in [0.05, 0.1) is 29.9 Å². The van der Waals surface area contributed by atoms with Crippen LogP contribution in [0, 0.1) is 5.92 Å². The topological polar surface area (TPSA) is 83.9 Å². The average molecular weight is 404 g/mol. The number of nitrogens with zero attached hydrogens (tertiary/aromatic N) is 5. The molecule has 1 aliphatic carbocycles. The SMILES string of the molecule is COC[C@H](C)n1cc(Nc2nc(N(C)[C@@H](C)C3CC3)c3cc[nH]c3n2)c(Cl)n1. The molecule has 28 heavy (non-hydrogen) atoms. The van der Waals surface area contributed by atoms with Crippen molar-refractivity contribution in [1.29, 1.82) is 0 Å². The molecule has 3 heterocycles. The van der Waals surface area contributed by atoms with Crippen LogP contribution < -0.4 is 10.2 Å². The maximum Gasteiger partial charge on any atom is 0.231 e. The van der Waals surface area contributed by atoms with E-state index < -0.39 is 0 Å². The van der Waals surface area contributed by atoms with Crippen LogP contribution >= 0.6 is 11.6 Å². The summed E-state index contributed by atoms with van der Waals surface area (Å²) in [5, 5.41) is 8.97. The van der Waals surface area contributed by atoms with Gasteiger partial charge in [0.25, 0.3) is 0 Å². The highest BCUT2D eigenvalue weighted by Gasteiger charge is 2.32. The van der Waals surface area contributed by atoms with Crippen molar-refractivity contribution in [3.05, 3.63) is 23.6 Å². The fraction of sp³-hybridized carbons (Fsp3) is 0.526. The van der Waals surface area contributed by atoms with E-state index in [0.717, 1.165) is 22.8 Å². The maximum absolute atomic E-state index is 6.33. The molecule has 0 saturated heterocycles. The van der Waals surface area contributed by atoms with Crippen LogP contribution in [0.4, 0.5) is 17.5 Å². The van der Waals surface area contributed by atoms with Gasteiger partial charge in [-0.25, -0.2) is 0 Å². The zero-order valence-electron chi connectivity index (χ0n) is 16.6. The van der Waals surface area contributed by atoms with E-state index in [0.29, 0.717) is 29.4 Å². The van der Waals surface area contributed by atoms with Gasteiger partial charge in [0, 0.05) is 26.4 Å². The van der Waals surface area contributed by atoms with E-state index in [9.17, 15) is 0 Å². The second-order valence-corrected chi connectivity index (χ2v) is 7.90. The summed E-state index contributed by atoms with van der Waals surface area (Å²) in [7, 11) is 3.76. The van der Waals surface area contributed by atoms with Crippen LogP contribution in [0.5, 0.6) is 0 Å². The molecule has 0 radical (unpaired) electrons. The molecular formula is C19H26ClN7O. The summed E-state index contributed by atoms with van der Waals surface area (Å²) < 4.78 is 6.98. The highest BCUT2D eigenvalue weighted by molar-refractivity contribution is 6.32. The van der Waals surface area contributed by atoms with Gasteiger partial charge in [0.15, 0.2) is 5.15 Å². The van der Waals surface area contributed by atoms with Crippen LogP contribution in [0.15, 0.2) is 18.5 Å². The van der Waals surface area contributed by atoms with Crippen molar-refractivity contribution in [1.82, 2.24) is 24.7 Å². The van der Waals surface area contributed by atoms with Crippen LogP contribution in [0.25, 0.3) is 11.0 Å². The minimum atomic E-state index is 0.0749. The first kappa shape index (κ1) is 19.0. The third-order valence-electron chi connectivity index (χ3n) is 5.44. The van der Waals surface area contributed by atoms with E-state index in [-0.39, 0.29) is 6.04 Å². The Bertz CT molecular complexity index is 965. The number of H-pyrrole nitrogens is 1. The largest absolute Gasteiger partial charge is 0.382 e. The second-order valence-electron chi connectivity index (χ2n) is 7.54. The van der Waals surface area contributed by atoms with Gasteiger partial charge in [0.2, 0.25) is 5.95 Å². The van der Waals surface area contributed by atoms with E-state index in [1.807, 2.05) is 25.4 Å². The molecule has 1 saturated carbocycles. The highest BCUT2D eigenvalue weighted by atomic mass is 35.5. The number of anilines is 3. The molecule has 2 atom stereocenters. The van der Waals surface area contributed by atoms with Crippen molar-refractivity contribution in [2.75, 3.05) is 31.0 Å². The molecule has 8 nitrogen and oxygen atoms in total. The molecule has 3 aromatic heterocycles. The Hall–Kier alpha value is -2.32. The molecule has 0 amide bonds. The smallest absolute Gasteiger partial charge is 0.231 e. The first-order valence-corrected chi connectivity index (χ1v) is 9.94. The summed E-state index contributed by atoms with van der Waals surface area (Å²) in [5.41, 5.74) is 1.46. The molecule has 1 aliphatic rings. The first-order chi connectivity index (χ1) is 13.5.